The van der Waals surface area contributed by atoms with Crippen LogP contribution in [0.4, 0.5) is 0 Å². The van der Waals surface area contributed by atoms with E-state index in [2.05, 4.69) is 10.2 Å². The second-order valence-corrected chi connectivity index (χ2v) is 5.06. The van der Waals surface area contributed by atoms with E-state index in [4.69, 9.17) is 4.11 Å². The third-order valence-corrected chi connectivity index (χ3v) is 2.92. The third-order valence-electron chi connectivity index (χ3n) is 2.92. The van der Waals surface area contributed by atoms with Crippen LogP contribution in [0.2, 0.25) is 0 Å². The number of nitrogens with zero attached hydrogens (tertiary/aromatic N) is 2. The molecule has 0 radical (unpaired) electrons. The fourth-order valence-corrected chi connectivity index (χ4v) is 1.98. The van der Waals surface area contributed by atoms with Gasteiger partial charge >= 0.3 is 5.97 Å². The smallest absolute Gasteiger partial charge is 0.344 e. The van der Waals surface area contributed by atoms with Crippen molar-refractivity contribution < 1.29 is 28.1 Å². The van der Waals surface area contributed by atoms with Crippen molar-refractivity contribution >= 4 is 23.7 Å². The zero-order valence-electron chi connectivity index (χ0n) is 15.2. The lowest BCUT2D eigenvalue weighted by molar-refractivity contribution is -0.196. The van der Waals surface area contributed by atoms with E-state index in [-0.39, 0.29) is 18.8 Å². The molecule has 8 nitrogen and oxygen atoms in total. The van der Waals surface area contributed by atoms with Crippen LogP contribution >= 0.6 is 0 Å². The lowest BCUT2D eigenvalue weighted by Gasteiger charge is -2.26. The largest absolute Gasteiger partial charge is 0.352 e. The first kappa shape index (κ1) is 12.8. The Morgan fingerprint density at radius 2 is 1.95 bits per heavy atom. The number of amides is 3. The van der Waals surface area contributed by atoms with E-state index in [0.717, 1.165) is 4.90 Å². The van der Waals surface area contributed by atoms with Gasteiger partial charge in [-0.2, -0.15) is 0 Å². The molecule has 21 heavy (non-hydrogen) atoms. The monoisotopic (exact) mass is 304 g/mol. The number of hydroxylamine groups is 2. The molecule has 1 aliphatic rings. The number of rotatable bonds is 6. The van der Waals surface area contributed by atoms with Gasteiger partial charge in [-0.1, -0.05) is 13.8 Å². The van der Waals surface area contributed by atoms with Gasteiger partial charge in [0.2, 0.25) is 5.91 Å². The van der Waals surface area contributed by atoms with Crippen LogP contribution in [-0.4, -0.2) is 60.3 Å². The number of hydrogen-bond acceptors (Lipinski definition) is 6. The number of imide groups is 1. The molecular weight excluding hydrogens is 280 g/mol. The minimum atomic E-state index is -2.47. The van der Waals surface area contributed by atoms with E-state index in [1.54, 1.807) is 13.8 Å². The molecule has 1 N–H and O–H groups in total. The summed E-state index contributed by atoms with van der Waals surface area (Å²) in [5, 5.41) is 2.64. The summed E-state index contributed by atoms with van der Waals surface area (Å²) in [4.78, 5) is 52.0. The van der Waals surface area contributed by atoms with Gasteiger partial charge in [0.1, 0.15) is 6.54 Å². The molecule has 1 unspecified atom stereocenters. The third kappa shape index (κ3) is 4.52. The second kappa shape index (κ2) is 7.16. The number of carbonyl (C=O) groups is 4. The van der Waals surface area contributed by atoms with Crippen LogP contribution in [0.5, 0.6) is 0 Å². The summed E-state index contributed by atoms with van der Waals surface area (Å²) in [5.74, 6) is -3.23. The Hall–Kier alpha value is -1.96. The van der Waals surface area contributed by atoms with E-state index in [0.29, 0.717) is 5.06 Å². The van der Waals surface area contributed by atoms with Crippen LogP contribution in [0, 0.1) is 5.92 Å². The average molecular weight is 304 g/mol. The summed E-state index contributed by atoms with van der Waals surface area (Å²) >= 11 is 0. The molecule has 0 aromatic carbocycles. The molecule has 0 aromatic rings. The van der Waals surface area contributed by atoms with Gasteiger partial charge in [-0.05, 0) is 19.9 Å². The summed E-state index contributed by atoms with van der Waals surface area (Å²) in [6.45, 7) is 0.286. The molecule has 1 heterocycles. The molecule has 0 aromatic heterocycles. The fraction of sp³-hybridized carbons (Fsp3) is 0.692. The highest BCUT2D eigenvalue weighted by Gasteiger charge is 2.33. The number of likely N-dealkylation sites (N-methyl/N-ethyl adjacent to an activating group) is 1. The molecular formula is C13H21N3O5. The van der Waals surface area contributed by atoms with E-state index < -0.39 is 43.3 Å². The van der Waals surface area contributed by atoms with E-state index >= 15 is 0 Å². The van der Waals surface area contributed by atoms with Crippen molar-refractivity contribution in [2.75, 3.05) is 20.6 Å². The summed E-state index contributed by atoms with van der Waals surface area (Å²) < 4.78 is 22.1. The molecule has 0 saturated carbocycles. The Morgan fingerprint density at radius 1 is 1.38 bits per heavy atom. The van der Waals surface area contributed by atoms with Gasteiger partial charge in [0.25, 0.3) is 11.8 Å². The minimum Gasteiger partial charge on any atom is -0.344 e. The standard InChI is InChI=1S/C13H21N3O5/c1-8(2)12(15(3)4)13(20)14-7-11(19)21-16-9(17)5-6-10(16)18/h8,12H,5-7H2,1-4H3,(H,14,20)/i3D3,13+1,15+1. The van der Waals surface area contributed by atoms with Gasteiger partial charge in [-0.25, -0.2) is 4.79 Å². The molecule has 3 amide bonds. The first-order valence-electron chi connectivity index (χ1n) is 8.02. The topological polar surface area (TPSA) is 96.0 Å². The quantitative estimate of drug-likeness (QED) is 0.396. The summed E-state index contributed by atoms with van der Waals surface area (Å²) in [6.07, 6.45) is -0.0610. The molecule has 118 valence electrons. The summed E-state index contributed by atoms with van der Waals surface area (Å²) in [7, 11) is 1.29. The highest BCUT2D eigenvalue weighted by Crippen LogP contribution is 2.12. The Kier molecular flexibility index (Phi) is 4.35. The highest BCUT2D eigenvalue weighted by atomic mass is 16.7. The van der Waals surface area contributed by atoms with Crippen molar-refractivity contribution in [3.63, 3.8) is 0 Å². The lowest BCUT2D eigenvalue weighted by atomic mass is 10.1. The molecule has 8 heteroatoms. The molecule has 1 saturated heterocycles. The molecule has 1 rings (SSSR count). The van der Waals surface area contributed by atoms with Crippen LogP contribution in [0.1, 0.15) is 30.8 Å². The van der Waals surface area contributed by atoms with E-state index in [1.165, 1.54) is 7.05 Å². The number of carbonyl (C=O) groups excluding carboxylic acids is 4. The lowest BCUT2D eigenvalue weighted by Crippen LogP contribution is -2.48. The minimum absolute atomic E-state index is 0.0305. The van der Waals surface area contributed by atoms with Crippen LogP contribution in [0.25, 0.3) is 0 Å². The van der Waals surface area contributed by atoms with Crippen molar-refractivity contribution in [3.05, 3.63) is 0 Å². The molecule has 0 aliphatic carbocycles. The van der Waals surface area contributed by atoms with Gasteiger partial charge in [0.15, 0.2) is 0 Å². The van der Waals surface area contributed by atoms with Gasteiger partial charge in [0, 0.05) is 17.0 Å². The first-order valence-corrected chi connectivity index (χ1v) is 6.52. The van der Waals surface area contributed by atoms with Gasteiger partial charge in [-0.15, -0.1) is 5.06 Å². The Labute approximate surface area is 127 Å². The van der Waals surface area contributed by atoms with E-state index in [9.17, 15) is 19.2 Å². The molecule has 0 spiro atoms. The Balaban J connectivity index is 2.61. The van der Waals surface area contributed by atoms with Gasteiger partial charge in [0.05, 0.1) is 6.04 Å². The van der Waals surface area contributed by atoms with Crippen molar-refractivity contribution in [1.29, 1.82) is 0 Å². The summed E-state index contributed by atoms with van der Waals surface area (Å²) in [6, 6.07) is -0.986. The predicted octanol–water partition coefficient (Wildman–Crippen LogP) is -0.704. The number of nitrogens with one attached hydrogen (secondary N) is 1. The summed E-state index contributed by atoms with van der Waals surface area (Å²) in [5.41, 5.74) is 0. The maximum atomic E-state index is 12.2. The average Bonchev–Trinajstić information content (AvgIpc) is 2.75. The normalized spacial score (nSPS) is 19.3. The number of hydrogen-bond donors (Lipinski definition) is 1. The second-order valence-electron chi connectivity index (χ2n) is 5.06. The van der Waals surface area contributed by atoms with E-state index in [1.807, 2.05) is 0 Å². The van der Waals surface area contributed by atoms with Crippen LogP contribution in [-0.2, 0) is 24.0 Å². The zero-order valence-corrected chi connectivity index (χ0v) is 12.2. The van der Waals surface area contributed by atoms with Crippen molar-refractivity contribution in [1.82, 2.24) is 15.3 Å². The predicted molar refractivity (Wildman–Crippen MR) is 72.5 cm³/mol. The molecule has 1 atom stereocenters. The van der Waals surface area contributed by atoms with Crippen molar-refractivity contribution in [2.45, 2.75) is 32.7 Å². The fourth-order valence-electron chi connectivity index (χ4n) is 1.98. The maximum Gasteiger partial charge on any atom is 0.352 e. The van der Waals surface area contributed by atoms with Crippen LogP contribution < -0.4 is 5.32 Å². The first-order chi connectivity index (χ1) is 10.9. The SMILES string of the molecule is [2H]C([2H])([2H])[15N](C)C(C(C)C)[13C](=O)NCC(=O)ON1C(=O)CCC1=O. The van der Waals surface area contributed by atoms with Crippen molar-refractivity contribution in [2.24, 2.45) is 5.92 Å². The Bertz CT molecular complexity index is 519. The zero-order chi connectivity index (χ0) is 18.7. The molecule has 1 aliphatic heterocycles. The van der Waals surface area contributed by atoms with Crippen molar-refractivity contribution in [3.8, 4) is 0 Å². The van der Waals surface area contributed by atoms with Crippen LogP contribution in [0.3, 0.4) is 0 Å². The van der Waals surface area contributed by atoms with Gasteiger partial charge < -0.3 is 10.2 Å². The van der Waals surface area contributed by atoms with Gasteiger partial charge in [-0.3, -0.25) is 19.3 Å². The molecule has 1 fully saturated rings. The van der Waals surface area contributed by atoms with Crippen LogP contribution in [0.15, 0.2) is 0 Å². The maximum absolute atomic E-state index is 12.2. The highest BCUT2D eigenvalue weighted by molar-refractivity contribution is 6.01. The molecule has 0 bridgehead atoms. The Morgan fingerprint density at radius 3 is 2.43 bits per heavy atom.